The Balaban J connectivity index is 4.30. The summed E-state index contributed by atoms with van der Waals surface area (Å²) >= 11 is 0. The number of allylic oxidation sites excluding steroid dienone is 3. The molecule has 0 heterocycles. The molecule has 0 aromatic rings. The van der Waals surface area contributed by atoms with Gasteiger partial charge in [-0.05, 0) is 37.5 Å². The van der Waals surface area contributed by atoms with Crippen LogP contribution < -0.4 is 0 Å². The van der Waals surface area contributed by atoms with Gasteiger partial charge in [0.15, 0.2) is 0 Å². The third-order valence-electron chi connectivity index (χ3n) is 2.80. The molecule has 0 spiro atoms. The third-order valence-corrected chi connectivity index (χ3v) is 2.80. The monoisotopic (exact) mass is 192 g/mol. The summed E-state index contributed by atoms with van der Waals surface area (Å²) in [5, 5.41) is 0. The van der Waals surface area contributed by atoms with Gasteiger partial charge in [-0.1, -0.05) is 31.6 Å². The summed E-state index contributed by atoms with van der Waals surface area (Å²) in [6.07, 6.45) is 6.36. The summed E-state index contributed by atoms with van der Waals surface area (Å²) < 4.78 is 0. The Hall–Kier alpha value is -0.780. The Kier molecular flexibility index (Phi) is 6.27. The molecule has 0 nitrogen and oxygen atoms in total. The SMILES string of the molecule is C=CC(C)CC(CC(=C)C)C(C)C=C. The number of hydrogen-bond acceptors (Lipinski definition) is 0. The number of hydrogen-bond donors (Lipinski definition) is 0. The van der Waals surface area contributed by atoms with Crippen molar-refractivity contribution in [3.63, 3.8) is 0 Å². The van der Waals surface area contributed by atoms with E-state index in [1.165, 1.54) is 12.0 Å². The molecule has 0 aliphatic heterocycles. The summed E-state index contributed by atoms with van der Waals surface area (Å²) in [4.78, 5) is 0. The van der Waals surface area contributed by atoms with Crippen LogP contribution in [0.4, 0.5) is 0 Å². The summed E-state index contributed by atoms with van der Waals surface area (Å²) in [6.45, 7) is 18.2. The second-order valence-corrected chi connectivity index (χ2v) is 4.46. The van der Waals surface area contributed by atoms with E-state index >= 15 is 0 Å². The molecular formula is C14H24. The summed E-state index contributed by atoms with van der Waals surface area (Å²) in [5.41, 5.74) is 1.26. The van der Waals surface area contributed by atoms with Gasteiger partial charge in [0.2, 0.25) is 0 Å². The largest absolute Gasteiger partial charge is 0.103 e. The van der Waals surface area contributed by atoms with E-state index in [2.05, 4.69) is 40.5 Å². The van der Waals surface area contributed by atoms with Gasteiger partial charge in [0.25, 0.3) is 0 Å². The van der Waals surface area contributed by atoms with Crippen molar-refractivity contribution < 1.29 is 0 Å². The first-order valence-electron chi connectivity index (χ1n) is 5.40. The van der Waals surface area contributed by atoms with Crippen molar-refractivity contribution in [2.24, 2.45) is 17.8 Å². The van der Waals surface area contributed by atoms with Gasteiger partial charge in [0, 0.05) is 0 Å². The van der Waals surface area contributed by atoms with Gasteiger partial charge in [0.1, 0.15) is 0 Å². The Morgan fingerprint density at radius 1 is 1.21 bits per heavy atom. The van der Waals surface area contributed by atoms with Crippen LogP contribution in [0.2, 0.25) is 0 Å². The second-order valence-electron chi connectivity index (χ2n) is 4.46. The zero-order valence-electron chi connectivity index (χ0n) is 9.92. The first-order chi connectivity index (χ1) is 6.51. The van der Waals surface area contributed by atoms with Crippen LogP contribution in [-0.2, 0) is 0 Å². The fourth-order valence-electron chi connectivity index (χ4n) is 1.70. The molecule has 0 fully saturated rings. The van der Waals surface area contributed by atoms with Crippen LogP contribution in [0.25, 0.3) is 0 Å². The fourth-order valence-corrected chi connectivity index (χ4v) is 1.70. The zero-order valence-corrected chi connectivity index (χ0v) is 9.92. The maximum Gasteiger partial charge on any atom is -0.0233 e. The Bertz CT molecular complexity index is 200. The van der Waals surface area contributed by atoms with Crippen molar-refractivity contribution in [2.75, 3.05) is 0 Å². The highest BCUT2D eigenvalue weighted by atomic mass is 14.2. The summed E-state index contributed by atoms with van der Waals surface area (Å²) in [5.74, 6) is 1.81. The van der Waals surface area contributed by atoms with Crippen LogP contribution in [0.3, 0.4) is 0 Å². The van der Waals surface area contributed by atoms with Gasteiger partial charge in [-0.15, -0.1) is 19.7 Å². The van der Waals surface area contributed by atoms with Crippen molar-refractivity contribution in [1.29, 1.82) is 0 Å². The topological polar surface area (TPSA) is 0 Å². The smallest absolute Gasteiger partial charge is 0.0233 e. The third kappa shape index (κ3) is 5.06. The van der Waals surface area contributed by atoms with Crippen molar-refractivity contribution in [2.45, 2.75) is 33.6 Å². The van der Waals surface area contributed by atoms with Crippen molar-refractivity contribution in [3.05, 3.63) is 37.5 Å². The van der Waals surface area contributed by atoms with Crippen LogP contribution in [0.5, 0.6) is 0 Å². The lowest BCUT2D eigenvalue weighted by Crippen LogP contribution is -2.13. The first-order valence-corrected chi connectivity index (χ1v) is 5.40. The van der Waals surface area contributed by atoms with Crippen LogP contribution in [-0.4, -0.2) is 0 Å². The van der Waals surface area contributed by atoms with Crippen LogP contribution in [0.1, 0.15) is 33.6 Å². The maximum atomic E-state index is 3.98. The molecule has 0 aliphatic carbocycles. The van der Waals surface area contributed by atoms with Crippen molar-refractivity contribution >= 4 is 0 Å². The Labute approximate surface area is 89.4 Å². The lowest BCUT2D eigenvalue weighted by molar-refractivity contribution is 0.354. The summed E-state index contributed by atoms with van der Waals surface area (Å²) in [7, 11) is 0. The molecule has 0 aromatic carbocycles. The highest BCUT2D eigenvalue weighted by Gasteiger charge is 2.16. The van der Waals surface area contributed by atoms with Crippen LogP contribution in [0, 0.1) is 17.8 Å². The zero-order chi connectivity index (χ0) is 11.1. The van der Waals surface area contributed by atoms with Gasteiger partial charge < -0.3 is 0 Å². The molecular weight excluding hydrogens is 168 g/mol. The molecule has 3 unspecified atom stereocenters. The minimum Gasteiger partial charge on any atom is -0.103 e. The molecule has 0 amide bonds. The standard InChI is InChI=1S/C14H24/c1-7-12(5)10-14(9-11(3)4)13(6)8-2/h7-8,12-14H,1-3,9-10H2,4-6H3. The van der Waals surface area contributed by atoms with Gasteiger partial charge in [-0.3, -0.25) is 0 Å². The molecule has 0 aromatic heterocycles. The van der Waals surface area contributed by atoms with Crippen molar-refractivity contribution in [1.82, 2.24) is 0 Å². The van der Waals surface area contributed by atoms with Gasteiger partial charge in [0.05, 0.1) is 0 Å². The first kappa shape index (κ1) is 13.2. The van der Waals surface area contributed by atoms with E-state index in [1.54, 1.807) is 0 Å². The molecule has 0 aliphatic rings. The highest BCUT2D eigenvalue weighted by Crippen LogP contribution is 2.27. The van der Waals surface area contributed by atoms with Gasteiger partial charge in [-0.2, -0.15) is 0 Å². The van der Waals surface area contributed by atoms with Crippen molar-refractivity contribution in [3.8, 4) is 0 Å². The maximum absolute atomic E-state index is 3.98. The van der Waals surface area contributed by atoms with Crippen LogP contribution in [0.15, 0.2) is 37.5 Å². The summed E-state index contributed by atoms with van der Waals surface area (Å²) in [6, 6.07) is 0. The predicted molar refractivity (Wildman–Crippen MR) is 66.3 cm³/mol. The molecule has 0 saturated heterocycles. The molecule has 0 bridgehead atoms. The van der Waals surface area contributed by atoms with E-state index in [1.807, 2.05) is 12.2 Å². The second kappa shape index (κ2) is 6.64. The molecule has 14 heavy (non-hydrogen) atoms. The molecule has 0 heteroatoms. The molecule has 0 saturated carbocycles. The average Bonchev–Trinajstić information content (AvgIpc) is 2.14. The normalized spacial score (nSPS) is 16.8. The predicted octanol–water partition coefficient (Wildman–Crippen LogP) is 4.60. The minimum atomic E-state index is 0.564. The van der Waals surface area contributed by atoms with Crippen LogP contribution >= 0.6 is 0 Å². The highest BCUT2D eigenvalue weighted by molar-refractivity contribution is 4.95. The van der Waals surface area contributed by atoms with E-state index in [-0.39, 0.29) is 0 Å². The molecule has 0 rings (SSSR count). The van der Waals surface area contributed by atoms with E-state index in [4.69, 9.17) is 0 Å². The fraction of sp³-hybridized carbons (Fsp3) is 0.571. The lowest BCUT2D eigenvalue weighted by Gasteiger charge is -2.23. The van der Waals surface area contributed by atoms with E-state index in [0.717, 1.165) is 6.42 Å². The number of rotatable bonds is 7. The molecule has 0 N–H and O–H groups in total. The average molecular weight is 192 g/mol. The Morgan fingerprint density at radius 2 is 1.79 bits per heavy atom. The lowest BCUT2D eigenvalue weighted by atomic mass is 9.82. The Morgan fingerprint density at radius 3 is 2.14 bits per heavy atom. The van der Waals surface area contributed by atoms with E-state index < -0.39 is 0 Å². The minimum absolute atomic E-state index is 0.564. The van der Waals surface area contributed by atoms with Gasteiger partial charge >= 0.3 is 0 Å². The molecule has 3 atom stereocenters. The van der Waals surface area contributed by atoms with Gasteiger partial charge in [-0.25, -0.2) is 0 Å². The quantitative estimate of drug-likeness (QED) is 0.517. The molecule has 80 valence electrons. The van der Waals surface area contributed by atoms with E-state index in [9.17, 15) is 0 Å². The van der Waals surface area contributed by atoms with E-state index in [0.29, 0.717) is 17.8 Å². The molecule has 0 radical (unpaired) electrons.